The molecule has 2 N–H and O–H groups in total. The van der Waals surface area contributed by atoms with Crippen LogP contribution in [-0.4, -0.2) is 29.9 Å². The van der Waals surface area contributed by atoms with Gasteiger partial charge in [-0.05, 0) is 37.0 Å². The van der Waals surface area contributed by atoms with E-state index in [1.165, 1.54) is 31.0 Å². The Hall–Kier alpha value is -1.49. The van der Waals surface area contributed by atoms with E-state index in [-0.39, 0.29) is 17.6 Å². The van der Waals surface area contributed by atoms with Crippen LogP contribution < -0.4 is 10.6 Å². The SMILES string of the molecule is CCCCC(CC)CNC(=O)CSCC(=O)Nc1cccc(C)c1. The number of amides is 2. The maximum absolute atomic E-state index is 11.9. The number of nitrogens with one attached hydrogen (secondary N) is 2. The summed E-state index contributed by atoms with van der Waals surface area (Å²) in [4.78, 5) is 23.7. The highest BCUT2D eigenvalue weighted by Gasteiger charge is 2.09. The quantitative estimate of drug-likeness (QED) is 0.634. The molecule has 134 valence electrons. The molecule has 1 rings (SSSR count). The molecule has 5 heteroatoms. The minimum absolute atomic E-state index is 0.0123. The van der Waals surface area contributed by atoms with Crippen LogP contribution in [0.2, 0.25) is 0 Å². The molecular formula is C19H30N2O2S. The zero-order chi connectivity index (χ0) is 17.8. The van der Waals surface area contributed by atoms with Crippen molar-refractivity contribution >= 4 is 29.3 Å². The number of carbonyl (C=O) groups excluding carboxylic acids is 2. The number of anilines is 1. The maximum atomic E-state index is 11.9. The van der Waals surface area contributed by atoms with Crippen LogP contribution in [0.15, 0.2) is 24.3 Å². The second-order valence-electron chi connectivity index (χ2n) is 6.13. The summed E-state index contributed by atoms with van der Waals surface area (Å²) < 4.78 is 0. The number of carbonyl (C=O) groups is 2. The fourth-order valence-corrected chi connectivity index (χ4v) is 3.06. The highest BCUT2D eigenvalue weighted by molar-refractivity contribution is 8.00. The van der Waals surface area contributed by atoms with E-state index in [0.29, 0.717) is 11.7 Å². The Bertz CT molecular complexity index is 520. The fourth-order valence-electron chi connectivity index (χ4n) is 2.41. The van der Waals surface area contributed by atoms with Crippen molar-refractivity contribution in [1.29, 1.82) is 0 Å². The van der Waals surface area contributed by atoms with Gasteiger partial charge in [0.05, 0.1) is 11.5 Å². The Morgan fingerprint density at radius 1 is 1.17 bits per heavy atom. The molecule has 1 aromatic rings. The van der Waals surface area contributed by atoms with Gasteiger partial charge in [0.25, 0.3) is 0 Å². The molecular weight excluding hydrogens is 320 g/mol. The molecule has 0 saturated heterocycles. The molecule has 0 fully saturated rings. The summed E-state index contributed by atoms with van der Waals surface area (Å²) in [6.07, 6.45) is 4.66. The summed E-state index contributed by atoms with van der Waals surface area (Å²) in [6, 6.07) is 7.69. The molecule has 0 aromatic heterocycles. The summed E-state index contributed by atoms with van der Waals surface area (Å²) >= 11 is 1.35. The lowest BCUT2D eigenvalue weighted by molar-refractivity contribution is -0.118. The normalized spacial score (nSPS) is 11.8. The molecule has 0 aliphatic heterocycles. The van der Waals surface area contributed by atoms with Crippen LogP contribution in [0.3, 0.4) is 0 Å². The van der Waals surface area contributed by atoms with Crippen LogP contribution in [0.25, 0.3) is 0 Å². The molecule has 1 atom stereocenters. The number of aryl methyl sites for hydroxylation is 1. The number of rotatable bonds is 11. The van der Waals surface area contributed by atoms with E-state index in [4.69, 9.17) is 0 Å². The highest BCUT2D eigenvalue weighted by Crippen LogP contribution is 2.12. The smallest absolute Gasteiger partial charge is 0.234 e. The number of thioether (sulfide) groups is 1. The predicted molar refractivity (Wildman–Crippen MR) is 103 cm³/mol. The molecule has 1 unspecified atom stereocenters. The molecule has 1 aromatic carbocycles. The van der Waals surface area contributed by atoms with E-state index in [0.717, 1.165) is 24.2 Å². The molecule has 24 heavy (non-hydrogen) atoms. The van der Waals surface area contributed by atoms with Crippen molar-refractivity contribution in [2.75, 3.05) is 23.4 Å². The van der Waals surface area contributed by atoms with Gasteiger partial charge in [0, 0.05) is 12.2 Å². The molecule has 0 aliphatic rings. The Kier molecular flexibility index (Phi) is 10.2. The van der Waals surface area contributed by atoms with Gasteiger partial charge in [-0.3, -0.25) is 9.59 Å². The van der Waals surface area contributed by atoms with Gasteiger partial charge in [0.15, 0.2) is 0 Å². The lowest BCUT2D eigenvalue weighted by Crippen LogP contribution is -2.31. The topological polar surface area (TPSA) is 58.2 Å². The monoisotopic (exact) mass is 350 g/mol. The van der Waals surface area contributed by atoms with Gasteiger partial charge >= 0.3 is 0 Å². The van der Waals surface area contributed by atoms with Crippen LogP contribution in [0, 0.1) is 12.8 Å². The van der Waals surface area contributed by atoms with Crippen molar-refractivity contribution in [3.8, 4) is 0 Å². The Labute approximate surface area is 150 Å². The first-order valence-electron chi connectivity index (χ1n) is 8.76. The average Bonchev–Trinajstić information content (AvgIpc) is 2.55. The van der Waals surface area contributed by atoms with Crippen molar-refractivity contribution < 1.29 is 9.59 Å². The standard InChI is InChI=1S/C19H30N2O2S/c1-4-6-9-16(5-2)12-20-18(22)13-24-14-19(23)21-17-10-7-8-15(3)11-17/h7-8,10-11,16H,4-6,9,12-14H2,1-3H3,(H,20,22)(H,21,23). The molecule has 4 nitrogen and oxygen atoms in total. The van der Waals surface area contributed by atoms with E-state index in [2.05, 4.69) is 24.5 Å². The zero-order valence-electron chi connectivity index (χ0n) is 15.1. The van der Waals surface area contributed by atoms with Gasteiger partial charge in [-0.25, -0.2) is 0 Å². The number of benzene rings is 1. The summed E-state index contributed by atoms with van der Waals surface area (Å²) in [5, 5.41) is 5.83. The van der Waals surface area contributed by atoms with E-state index >= 15 is 0 Å². The minimum Gasteiger partial charge on any atom is -0.355 e. The lowest BCUT2D eigenvalue weighted by Gasteiger charge is -2.15. The maximum Gasteiger partial charge on any atom is 0.234 e. The third kappa shape index (κ3) is 8.96. The molecule has 0 spiro atoms. The van der Waals surface area contributed by atoms with Gasteiger partial charge in [0.1, 0.15) is 0 Å². The lowest BCUT2D eigenvalue weighted by atomic mass is 9.99. The summed E-state index contributed by atoms with van der Waals surface area (Å²) in [6.45, 7) is 7.07. The second-order valence-corrected chi connectivity index (χ2v) is 7.12. The Morgan fingerprint density at radius 3 is 2.58 bits per heavy atom. The molecule has 0 saturated carbocycles. The van der Waals surface area contributed by atoms with Crippen molar-refractivity contribution in [3.05, 3.63) is 29.8 Å². The third-order valence-corrected chi connectivity index (χ3v) is 4.83. The fraction of sp³-hybridized carbons (Fsp3) is 0.579. The van der Waals surface area contributed by atoms with Crippen LogP contribution in [0.1, 0.15) is 45.1 Å². The van der Waals surface area contributed by atoms with Crippen LogP contribution in [0.4, 0.5) is 5.69 Å². The summed E-state index contributed by atoms with van der Waals surface area (Å²) in [5.41, 5.74) is 1.90. The van der Waals surface area contributed by atoms with Gasteiger partial charge in [0.2, 0.25) is 11.8 Å². The van der Waals surface area contributed by atoms with Gasteiger partial charge in [-0.1, -0.05) is 45.2 Å². The largest absolute Gasteiger partial charge is 0.355 e. The predicted octanol–water partition coefficient (Wildman–Crippen LogP) is 4.00. The molecule has 2 amide bonds. The van der Waals surface area contributed by atoms with Crippen LogP contribution >= 0.6 is 11.8 Å². The average molecular weight is 351 g/mol. The first kappa shape index (κ1) is 20.6. The highest BCUT2D eigenvalue weighted by atomic mass is 32.2. The van der Waals surface area contributed by atoms with E-state index in [1.807, 2.05) is 31.2 Å². The minimum atomic E-state index is -0.0761. The second kappa shape index (κ2) is 12.0. The summed E-state index contributed by atoms with van der Waals surface area (Å²) in [5.74, 6) is 1.11. The Balaban J connectivity index is 2.19. The first-order valence-corrected chi connectivity index (χ1v) is 9.91. The molecule has 0 bridgehead atoms. The number of unbranched alkanes of at least 4 members (excludes halogenated alkanes) is 1. The van der Waals surface area contributed by atoms with E-state index in [9.17, 15) is 9.59 Å². The van der Waals surface area contributed by atoms with Crippen molar-refractivity contribution in [1.82, 2.24) is 5.32 Å². The molecule has 0 radical (unpaired) electrons. The van der Waals surface area contributed by atoms with E-state index in [1.54, 1.807) is 0 Å². The van der Waals surface area contributed by atoms with Crippen LogP contribution in [0.5, 0.6) is 0 Å². The zero-order valence-corrected chi connectivity index (χ0v) is 15.9. The van der Waals surface area contributed by atoms with E-state index < -0.39 is 0 Å². The summed E-state index contributed by atoms with van der Waals surface area (Å²) in [7, 11) is 0. The molecule has 0 aliphatic carbocycles. The first-order chi connectivity index (χ1) is 11.5. The van der Waals surface area contributed by atoms with Gasteiger partial charge in [-0.15, -0.1) is 11.8 Å². The number of hydrogen-bond donors (Lipinski definition) is 2. The third-order valence-electron chi connectivity index (χ3n) is 3.90. The van der Waals surface area contributed by atoms with Crippen molar-refractivity contribution in [2.24, 2.45) is 5.92 Å². The Morgan fingerprint density at radius 2 is 1.92 bits per heavy atom. The van der Waals surface area contributed by atoms with Gasteiger partial charge in [-0.2, -0.15) is 0 Å². The van der Waals surface area contributed by atoms with Gasteiger partial charge < -0.3 is 10.6 Å². The molecule has 0 heterocycles. The number of hydrogen-bond acceptors (Lipinski definition) is 3. The van der Waals surface area contributed by atoms with Crippen molar-refractivity contribution in [2.45, 2.75) is 46.5 Å². The van der Waals surface area contributed by atoms with Crippen LogP contribution in [-0.2, 0) is 9.59 Å². The van der Waals surface area contributed by atoms with Crippen molar-refractivity contribution in [3.63, 3.8) is 0 Å².